The highest BCUT2D eigenvalue weighted by Gasteiger charge is 2.33. The topological polar surface area (TPSA) is 51.5 Å². The maximum atomic E-state index is 11.8. The van der Waals surface area contributed by atoms with E-state index in [0.717, 1.165) is 11.5 Å². The molecule has 2 rings (SSSR count). The van der Waals surface area contributed by atoms with Crippen LogP contribution in [0.4, 0.5) is 0 Å². The maximum Gasteiger partial charge on any atom is 0.287 e. The first kappa shape index (κ1) is 12.5. The molecule has 1 amide bonds. The fraction of sp³-hybridized carbons (Fsp3) is 0.583. The minimum atomic E-state index is -0.148. The summed E-state index contributed by atoms with van der Waals surface area (Å²) in [5, 5.41) is 2.88. The molecule has 1 aromatic rings. The van der Waals surface area contributed by atoms with Gasteiger partial charge in [0.15, 0.2) is 5.76 Å². The Hall–Kier alpha value is -0.940. The number of carbonyl (C=O) groups excluding carboxylic acids is 1. The first-order valence-electron chi connectivity index (χ1n) is 5.57. The number of rotatable bonds is 5. The monoisotopic (exact) mass is 255 g/mol. The molecule has 0 radical (unpaired) electrons. The van der Waals surface area contributed by atoms with Crippen LogP contribution >= 0.6 is 11.8 Å². The van der Waals surface area contributed by atoms with E-state index in [9.17, 15) is 4.79 Å². The van der Waals surface area contributed by atoms with Gasteiger partial charge in [-0.3, -0.25) is 4.79 Å². The molecule has 0 aliphatic carbocycles. The standard InChI is InChI=1S/C12H17NO3S/c1-12(7-15-8-12)6-13-11(14)10-4-3-9(16-10)5-17-2/h3-4H,5-8H2,1-2H3,(H,13,14). The third-order valence-corrected chi connectivity index (χ3v) is 3.32. The second kappa shape index (κ2) is 5.14. The Morgan fingerprint density at radius 1 is 1.53 bits per heavy atom. The predicted octanol–water partition coefficient (Wildman–Crippen LogP) is 1.91. The third kappa shape index (κ3) is 3.04. The fourth-order valence-electron chi connectivity index (χ4n) is 1.65. The molecule has 5 heteroatoms. The molecular formula is C12H17NO3S. The van der Waals surface area contributed by atoms with Crippen molar-refractivity contribution >= 4 is 17.7 Å². The van der Waals surface area contributed by atoms with Crippen molar-refractivity contribution in [2.45, 2.75) is 12.7 Å². The minimum Gasteiger partial charge on any atom is -0.455 e. The van der Waals surface area contributed by atoms with E-state index in [1.165, 1.54) is 0 Å². The molecule has 1 N–H and O–H groups in total. The summed E-state index contributed by atoms with van der Waals surface area (Å²) in [5.74, 6) is 1.86. The van der Waals surface area contributed by atoms with Gasteiger partial charge in [-0.25, -0.2) is 0 Å². The number of carbonyl (C=O) groups is 1. The SMILES string of the molecule is CSCc1ccc(C(=O)NCC2(C)COC2)o1. The molecule has 0 aromatic carbocycles. The smallest absolute Gasteiger partial charge is 0.287 e. The largest absolute Gasteiger partial charge is 0.455 e. The lowest BCUT2D eigenvalue weighted by Gasteiger charge is -2.37. The zero-order valence-corrected chi connectivity index (χ0v) is 10.9. The van der Waals surface area contributed by atoms with E-state index in [0.29, 0.717) is 25.5 Å². The van der Waals surface area contributed by atoms with Gasteiger partial charge in [0.2, 0.25) is 0 Å². The number of hydrogen-bond acceptors (Lipinski definition) is 4. The van der Waals surface area contributed by atoms with Gasteiger partial charge < -0.3 is 14.5 Å². The van der Waals surface area contributed by atoms with Crippen LogP contribution in [0.15, 0.2) is 16.5 Å². The Morgan fingerprint density at radius 2 is 2.29 bits per heavy atom. The van der Waals surface area contributed by atoms with Gasteiger partial charge in [0, 0.05) is 12.0 Å². The van der Waals surface area contributed by atoms with E-state index in [4.69, 9.17) is 9.15 Å². The van der Waals surface area contributed by atoms with E-state index < -0.39 is 0 Å². The van der Waals surface area contributed by atoms with Crippen LogP contribution in [-0.2, 0) is 10.5 Å². The van der Waals surface area contributed by atoms with Crippen LogP contribution in [0.2, 0.25) is 0 Å². The third-order valence-electron chi connectivity index (χ3n) is 2.75. The summed E-state index contributed by atoms with van der Waals surface area (Å²) < 4.78 is 10.6. The van der Waals surface area contributed by atoms with Gasteiger partial charge in [0.25, 0.3) is 5.91 Å². The Kier molecular flexibility index (Phi) is 3.79. The number of hydrogen-bond donors (Lipinski definition) is 1. The Morgan fingerprint density at radius 3 is 2.88 bits per heavy atom. The van der Waals surface area contributed by atoms with Crippen LogP contribution in [0.1, 0.15) is 23.2 Å². The highest BCUT2D eigenvalue weighted by Crippen LogP contribution is 2.25. The molecule has 1 aromatic heterocycles. The summed E-state index contributed by atoms with van der Waals surface area (Å²) in [7, 11) is 0. The summed E-state index contributed by atoms with van der Waals surface area (Å²) >= 11 is 1.67. The Balaban J connectivity index is 1.85. The molecule has 1 aliphatic heterocycles. The molecule has 0 bridgehead atoms. The van der Waals surface area contributed by atoms with Crippen LogP contribution in [0.25, 0.3) is 0 Å². The molecule has 0 atom stereocenters. The first-order valence-corrected chi connectivity index (χ1v) is 6.96. The van der Waals surface area contributed by atoms with E-state index in [-0.39, 0.29) is 11.3 Å². The van der Waals surface area contributed by atoms with E-state index in [2.05, 4.69) is 12.2 Å². The Labute approximate surface area is 105 Å². The first-order chi connectivity index (χ1) is 8.13. The highest BCUT2D eigenvalue weighted by atomic mass is 32.2. The van der Waals surface area contributed by atoms with Crippen LogP contribution in [0.3, 0.4) is 0 Å². The van der Waals surface area contributed by atoms with Crippen LogP contribution in [-0.4, -0.2) is 31.9 Å². The molecule has 1 aliphatic rings. The second-order valence-electron chi connectivity index (χ2n) is 4.69. The van der Waals surface area contributed by atoms with E-state index in [1.54, 1.807) is 17.8 Å². The van der Waals surface area contributed by atoms with Gasteiger partial charge in [0.05, 0.1) is 19.0 Å². The van der Waals surface area contributed by atoms with Gasteiger partial charge in [-0.15, -0.1) is 0 Å². The lowest BCUT2D eigenvalue weighted by molar-refractivity contribution is -0.0978. The fourth-order valence-corrected chi connectivity index (χ4v) is 2.09. The number of furan rings is 1. The van der Waals surface area contributed by atoms with Crippen LogP contribution in [0.5, 0.6) is 0 Å². The van der Waals surface area contributed by atoms with Crippen molar-refractivity contribution in [2.24, 2.45) is 5.41 Å². The van der Waals surface area contributed by atoms with Gasteiger partial charge in [-0.1, -0.05) is 6.92 Å². The molecular weight excluding hydrogens is 238 g/mol. The zero-order valence-electron chi connectivity index (χ0n) is 10.1. The van der Waals surface area contributed by atoms with Crippen molar-refractivity contribution in [3.05, 3.63) is 23.7 Å². The number of thioether (sulfide) groups is 1. The van der Waals surface area contributed by atoms with Crippen molar-refractivity contribution in [3.63, 3.8) is 0 Å². The van der Waals surface area contributed by atoms with Crippen LogP contribution in [0, 0.1) is 5.41 Å². The zero-order chi connectivity index (χ0) is 12.3. The number of ether oxygens (including phenoxy) is 1. The van der Waals surface area contributed by atoms with E-state index >= 15 is 0 Å². The Bertz CT molecular complexity index is 398. The lowest BCUT2D eigenvalue weighted by Crippen LogP contribution is -2.48. The normalized spacial score (nSPS) is 17.5. The number of amides is 1. The summed E-state index contributed by atoms with van der Waals surface area (Å²) in [4.78, 5) is 11.8. The molecule has 4 nitrogen and oxygen atoms in total. The molecule has 0 saturated carbocycles. The van der Waals surface area contributed by atoms with Gasteiger partial charge >= 0.3 is 0 Å². The average Bonchev–Trinajstić information content (AvgIpc) is 2.72. The average molecular weight is 255 g/mol. The number of nitrogens with one attached hydrogen (secondary N) is 1. The molecule has 94 valence electrons. The van der Waals surface area contributed by atoms with Gasteiger partial charge in [-0.05, 0) is 18.4 Å². The second-order valence-corrected chi connectivity index (χ2v) is 5.55. The summed E-state index contributed by atoms with van der Waals surface area (Å²) in [6, 6.07) is 3.57. The van der Waals surface area contributed by atoms with Crippen molar-refractivity contribution in [1.82, 2.24) is 5.32 Å². The molecule has 0 spiro atoms. The quantitative estimate of drug-likeness (QED) is 0.873. The molecule has 1 saturated heterocycles. The van der Waals surface area contributed by atoms with Gasteiger partial charge in [0.1, 0.15) is 5.76 Å². The highest BCUT2D eigenvalue weighted by molar-refractivity contribution is 7.97. The summed E-state index contributed by atoms with van der Waals surface area (Å²) in [5.41, 5.74) is 0.0877. The van der Waals surface area contributed by atoms with Crippen molar-refractivity contribution < 1.29 is 13.9 Å². The maximum absolute atomic E-state index is 11.8. The van der Waals surface area contributed by atoms with Crippen molar-refractivity contribution in [1.29, 1.82) is 0 Å². The summed E-state index contributed by atoms with van der Waals surface area (Å²) in [6.45, 7) is 4.15. The molecule has 0 unspecified atom stereocenters. The minimum absolute atomic E-state index is 0.0877. The predicted molar refractivity (Wildman–Crippen MR) is 67.2 cm³/mol. The van der Waals surface area contributed by atoms with Crippen molar-refractivity contribution in [3.8, 4) is 0 Å². The van der Waals surface area contributed by atoms with Gasteiger partial charge in [-0.2, -0.15) is 11.8 Å². The molecule has 1 fully saturated rings. The van der Waals surface area contributed by atoms with Crippen LogP contribution < -0.4 is 5.32 Å². The molecule has 2 heterocycles. The van der Waals surface area contributed by atoms with Crippen molar-refractivity contribution in [2.75, 3.05) is 26.0 Å². The molecule has 17 heavy (non-hydrogen) atoms. The lowest BCUT2D eigenvalue weighted by atomic mass is 9.89. The van der Waals surface area contributed by atoms with E-state index in [1.807, 2.05) is 12.3 Å². The summed E-state index contributed by atoms with van der Waals surface area (Å²) in [6.07, 6.45) is 2.00.